The molecule has 2 heterocycles. The molecule has 0 aliphatic rings. The van der Waals surface area contributed by atoms with Gasteiger partial charge >= 0.3 is 6.18 Å². The van der Waals surface area contributed by atoms with Crippen molar-refractivity contribution in [2.75, 3.05) is 5.73 Å². The van der Waals surface area contributed by atoms with E-state index in [0.29, 0.717) is 4.68 Å². The van der Waals surface area contributed by atoms with Gasteiger partial charge in [-0.05, 0) is 19.9 Å². The molecule has 22 heavy (non-hydrogen) atoms. The molecule has 0 aromatic carbocycles. The van der Waals surface area contributed by atoms with Crippen LogP contribution in [0.4, 0.5) is 19.1 Å². The van der Waals surface area contributed by atoms with Crippen LogP contribution in [0.2, 0.25) is 0 Å². The van der Waals surface area contributed by atoms with E-state index in [1.54, 1.807) is 13.8 Å². The predicted octanol–water partition coefficient (Wildman–Crippen LogP) is 0.796. The maximum Gasteiger partial charge on any atom is 0.453 e. The SMILES string of the molecule is CC(C)NC(=O)c1cnnc(-n2nc(C(F)(F)F)nc2N)c1. The molecule has 0 unspecified atom stereocenters. The molecule has 2 aromatic heterocycles. The average Bonchev–Trinajstić information content (AvgIpc) is 2.80. The van der Waals surface area contributed by atoms with E-state index in [-0.39, 0.29) is 17.4 Å². The third kappa shape index (κ3) is 3.30. The van der Waals surface area contributed by atoms with Crippen LogP contribution in [0.15, 0.2) is 12.3 Å². The lowest BCUT2D eigenvalue weighted by molar-refractivity contribution is -0.144. The molecule has 8 nitrogen and oxygen atoms in total. The zero-order chi connectivity index (χ0) is 16.5. The fraction of sp³-hybridized carbons (Fsp3) is 0.364. The number of carbonyl (C=O) groups is 1. The second-order valence-corrected chi connectivity index (χ2v) is 4.63. The van der Waals surface area contributed by atoms with Gasteiger partial charge in [0.05, 0.1) is 11.8 Å². The molecule has 0 saturated carbocycles. The summed E-state index contributed by atoms with van der Waals surface area (Å²) in [4.78, 5) is 15.0. The zero-order valence-electron chi connectivity index (χ0n) is 11.6. The Balaban J connectivity index is 2.38. The van der Waals surface area contributed by atoms with Crippen molar-refractivity contribution >= 4 is 11.9 Å². The van der Waals surface area contributed by atoms with Crippen molar-refractivity contribution in [2.45, 2.75) is 26.1 Å². The maximum atomic E-state index is 12.6. The summed E-state index contributed by atoms with van der Waals surface area (Å²) in [5, 5.41) is 13.0. The number of hydrogen-bond acceptors (Lipinski definition) is 6. The zero-order valence-corrected chi connectivity index (χ0v) is 11.6. The predicted molar refractivity (Wildman–Crippen MR) is 69.0 cm³/mol. The Hall–Kier alpha value is -2.72. The van der Waals surface area contributed by atoms with E-state index in [9.17, 15) is 18.0 Å². The summed E-state index contributed by atoms with van der Waals surface area (Å²) in [6.07, 6.45) is -3.56. The summed E-state index contributed by atoms with van der Waals surface area (Å²) < 4.78 is 38.3. The second-order valence-electron chi connectivity index (χ2n) is 4.63. The molecular weight excluding hydrogens is 303 g/mol. The number of halogens is 3. The minimum atomic E-state index is -4.74. The number of amides is 1. The van der Waals surface area contributed by atoms with Crippen molar-refractivity contribution in [1.82, 2.24) is 30.3 Å². The molecule has 2 aromatic rings. The van der Waals surface area contributed by atoms with Crippen LogP contribution < -0.4 is 11.1 Å². The third-order valence-corrected chi connectivity index (χ3v) is 2.43. The van der Waals surface area contributed by atoms with E-state index in [0.717, 1.165) is 0 Å². The lowest BCUT2D eigenvalue weighted by Gasteiger charge is -2.08. The Morgan fingerprint density at radius 1 is 1.41 bits per heavy atom. The van der Waals surface area contributed by atoms with Gasteiger partial charge in [-0.15, -0.1) is 10.2 Å². The summed E-state index contributed by atoms with van der Waals surface area (Å²) in [6, 6.07) is 1.10. The van der Waals surface area contributed by atoms with Crippen LogP contribution in [-0.2, 0) is 6.18 Å². The number of alkyl halides is 3. The topological polar surface area (TPSA) is 112 Å². The molecule has 0 fully saturated rings. The molecule has 118 valence electrons. The molecule has 0 spiro atoms. The highest BCUT2D eigenvalue weighted by Crippen LogP contribution is 2.27. The standard InChI is InChI=1S/C11H12F3N7O/c1-5(2)17-8(22)6-3-7(19-16-4-6)21-10(15)18-9(20-21)11(12,13)14/h3-5H,1-2H3,(H,17,22)(H2,15,18,20). The number of nitrogens with zero attached hydrogens (tertiary/aromatic N) is 5. The molecule has 2 rings (SSSR count). The first-order chi connectivity index (χ1) is 10.2. The van der Waals surface area contributed by atoms with Gasteiger partial charge in [0.15, 0.2) is 5.82 Å². The van der Waals surface area contributed by atoms with Gasteiger partial charge in [-0.1, -0.05) is 0 Å². The first kappa shape index (κ1) is 15.7. The van der Waals surface area contributed by atoms with Crippen LogP contribution >= 0.6 is 0 Å². The van der Waals surface area contributed by atoms with Gasteiger partial charge in [-0.25, -0.2) is 0 Å². The first-order valence-corrected chi connectivity index (χ1v) is 6.12. The molecule has 3 N–H and O–H groups in total. The summed E-state index contributed by atoms with van der Waals surface area (Å²) in [7, 11) is 0. The minimum Gasteiger partial charge on any atom is -0.368 e. The Morgan fingerprint density at radius 2 is 2.09 bits per heavy atom. The number of nitrogens with two attached hydrogens (primary N) is 1. The first-order valence-electron chi connectivity index (χ1n) is 6.12. The van der Waals surface area contributed by atoms with Gasteiger partial charge in [-0.3, -0.25) is 4.79 Å². The van der Waals surface area contributed by atoms with E-state index in [1.165, 1.54) is 12.3 Å². The van der Waals surface area contributed by atoms with E-state index in [1.807, 2.05) is 0 Å². The van der Waals surface area contributed by atoms with Gasteiger partial charge in [0.2, 0.25) is 5.95 Å². The number of nitrogen functional groups attached to an aromatic ring is 1. The fourth-order valence-corrected chi connectivity index (χ4v) is 1.54. The largest absolute Gasteiger partial charge is 0.453 e. The number of hydrogen-bond donors (Lipinski definition) is 2. The number of carbonyl (C=O) groups excluding carboxylic acids is 1. The summed E-state index contributed by atoms with van der Waals surface area (Å²) in [6.45, 7) is 3.52. The monoisotopic (exact) mass is 315 g/mol. The fourth-order valence-electron chi connectivity index (χ4n) is 1.54. The molecular formula is C11H12F3N7O. The third-order valence-electron chi connectivity index (χ3n) is 2.43. The number of nitrogens with one attached hydrogen (secondary N) is 1. The van der Waals surface area contributed by atoms with E-state index in [2.05, 4.69) is 25.6 Å². The highest BCUT2D eigenvalue weighted by atomic mass is 19.4. The van der Waals surface area contributed by atoms with Crippen molar-refractivity contribution in [2.24, 2.45) is 0 Å². The van der Waals surface area contributed by atoms with Crippen LogP contribution in [-0.4, -0.2) is 36.9 Å². The maximum absolute atomic E-state index is 12.6. The van der Waals surface area contributed by atoms with E-state index < -0.39 is 23.9 Å². The van der Waals surface area contributed by atoms with Gasteiger partial charge < -0.3 is 11.1 Å². The van der Waals surface area contributed by atoms with E-state index in [4.69, 9.17) is 5.73 Å². The Kier molecular flexibility index (Phi) is 3.97. The van der Waals surface area contributed by atoms with Crippen molar-refractivity contribution in [3.05, 3.63) is 23.7 Å². The van der Waals surface area contributed by atoms with Crippen LogP contribution in [0.5, 0.6) is 0 Å². The Morgan fingerprint density at radius 3 is 2.64 bits per heavy atom. The summed E-state index contributed by atoms with van der Waals surface area (Å²) in [5.74, 6) is -2.50. The van der Waals surface area contributed by atoms with Crippen LogP contribution in [0.25, 0.3) is 5.82 Å². The summed E-state index contributed by atoms with van der Waals surface area (Å²) in [5.41, 5.74) is 5.51. The molecule has 0 bridgehead atoms. The minimum absolute atomic E-state index is 0.113. The Bertz CT molecular complexity index is 695. The molecule has 0 saturated heterocycles. The molecule has 11 heteroatoms. The smallest absolute Gasteiger partial charge is 0.368 e. The summed E-state index contributed by atoms with van der Waals surface area (Å²) >= 11 is 0. The molecule has 0 atom stereocenters. The van der Waals surface area contributed by atoms with Gasteiger partial charge in [-0.2, -0.15) is 27.9 Å². The lowest BCUT2D eigenvalue weighted by atomic mass is 10.2. The molecule has 1 amide bonds. The average molecular weight is 315 g/mol. The Labute approximate surface area is 122 Å². The van der Waals surface area contributed by atoms with Gasteiger partial charge in [0.1, 0.15) is 0 Å². The number of rotatable bonds is 3. The van der Waals surface area contributed by atoms with Crippen molar-refractivity contribution in [3.63, 3.8) is 0 Å². The van der Waals surface area contributed by atoms with Gasteiger partial charge in [0.25, 0.3) is 11.7 Å². The molecule has 0 radical (unpaired) electrons. The molecule has 0 aliphatic heterocycles. The lowest BCUT2D eigenvalue weighted by Crippen LogP contribution is -2.30. The van der Waals surface area contributed by atoms with Crippen LogP contribution in [0, 0.1) is 0 Å². The normalized spacial score (nSPS) is 11.7. The highest BCUT2D eigenvalue weighted by molar-refractivity contribution is 5.94. The van der Waals surface area contributed by atoms with Gasteiger partial charge in [0, 0.05) is 6.04 Å². The van der Waals surface area contributed by atoms with Crippen molar-refractivity contribution in [1.29, 1.82) is 0 Å². The van der Waals surface area contributed by atoms with Crippen molar-refractivity contribution in [3.8, 4) is 5.82 Å². The van der Waals surface area contributed by atoms with Crippen LogP contribution in [0.1, 0.15) is 30.0 Å². The van der Waals surface area contributed by atoms with E-state index >= 15 is 0 Å². The number of anilines is 1. The quantitative estimate of drug-likeness (QED) is 0.866. The second kappa shape index (κ2) is 5.58. The number of aromatic nitrogens is 5. The van der Waals surface area contributed by atoms with Crippen LogP contribution in [0.3, 0.4) is 0 Å². The van der Waals surface area contributed by atoms with Crippen molar-refractivity contribution < 1.29 is 18.0 Å². The molecule has 0 aliphatic carbocycles. The highest BCUT2D eigenvalue weighted by Gasteiger charge is 2.37.